The van der Waals surface area contributed by atoms with Gasteiger partial charge in [-0.05, 0) is 50.3 Å². The second-order valence-electron chi connectivity index (χ2n) is 5.55. The van der Waals surface area contributed by atoms with Gasteiger partial charge in [-0.2, -0.15) is 0 Å². The Morgan fingerprint density at radius 1 is 1.47 bits per heavy atom. The van der Waals surface area contributed by atoms with Crippen LogP contribution in [0.3, 0.4) is 0 Å². The van der Waals surface area contributed by atoms with Gasteiger partial charge >= 0.3 is 0 Å². The van der Waals surface area contributed by atoms with Crippen molar-refractivity contribution in [1.29, 1.82) is 0 Å². The van der Waals surface area contributed by atoms with Crippen molar-refractivity contribution in [2.24, 2.45) is 11.8 Å². The Morgan fingerprint density at radius 2 is 2.35 bits per heavy atom. The average molecular weight is 235 g/mol. The highest BCUT2D eigenvalue weighted by molar-refractivity contribution is 4.99. The van der Waals surface area contributed by atoms with E-state index in [-0.39, 0.29) is 0 Å². The lowest BCUT2D eigenvalue weighted by atomic mass is 9.77. The second kappa shape index (κ2) is 6.25. The van der Waals surface area contributed by atoms with Gasteiger partial charge in [0.2, 0.25) is 0 Å². The van der Waals surface area contributed by atoms with Gasteiger partial charge < -0.3 is 9.73 Å². The monoisotopic (exact) mass is 235 g/mol. The van der Waals surface area contributed by atoms with E-state index in [9.17, 15) is 0 Å². The van der Waals surface area contributed by atoms with E-state index in [0.717, 1.165) is 24.0 Å². The third-order valence-corrected chi connectivity index (χ3v) is 4.20. The van der Waals surface area contributed by atoms with Crippen molar-refractivity contribution in [3.8, 4) is 0 Å². The molecule has 1 fully saturated rings. The van der Waals surface area contributed by atoms with E-state index >= 15 is 0 Å². The lowest BCUT2D eigenvalue weighted by Crippen LogP contribution is -2.36. The molecule has 1 aromatic rings. The van der Waals surface area contributed by atoms with E-state index in [2.05, 4.69) is 25.4 Å². The summed E-state index contributed by atoms with van der Waals surface area (Å²) in [5.74, 6) is 2.89. The molecule has 1 aliphatic rings. The molecule has 1 heterocycles. The standard InChI is InChI=1S/C15H25NO/c1-12-5-3-6-13(11-12)15(16-2)9-8-14-7-4-10-17-14/h4,7,10,12-13,15-16H,3,5-6,8-9,11H2,1-2H3. The lowest BCUT2D eigenvalue weighted by molar-refractivity contribution is 0.219. The normalized spacial score (nSPS) is 26.9. The summed E-state index contributed by atoms with van der Waals surface area (Å²) in [6.45, 7) is 2.39. The maximum absolute atomic E-state index is 5.41. The summed E-state index contributed by atoms with van der Waals surface area (Å²) in [5.41, 5.74) is 0. The molecule has 17 heavy (non-hydrogen) atoms. The van der Waals surface area contributed by atoms with Crippen LogP contribution in [-0.4, -0.2) is 13.1 Å². The molecule has 0 bridgehead atoms. The largest absolute Gasteiger partial charge is 0.469 e. The van der Waals surface area contributed by atoms with Crippen LogP contribution >= 0.6 is 0 Å². The Bertz CT molecular complexity index is 307. The van der Waals surface area contributed by atoms with E-state index in [0.29, 0.717) is 6.04 Å². The Hall–Kier alpha value is -0.760. The van der Waals surface area contributed by atoms with Crippen LogP contribution < -0.4 is 5.32 Å². The minimum Gasteiger partial charge on any atom is -0.469 e. The SMILES string of the molecule is CNC(CCc1ccco1)C1CCCC(C)C1. The fraction of sp³-hybridized carbons (Fsp3) is 0.733. The van der Waals surface area contributed by atoms with Crippen molar-refractivity contribution < 1.29 is 4.42 Å². The summed E-state index contributed by atoms with van der Waals surface area (Å²) in [6, 6.07) is 4.71. The molecule has 96 valence electrons. The van der Waals surface area contributed by atoms with Crippen LogP contribution in [-0.2, 0) is 6.42 Å². The van der Waals surface area contributed by atoms with E-state index in [1.54, 1.807) is 6.26 Å². The summed E-state index contributed by atoms with van der Waals surface area (Å²) in [6.07, 6.45) is 9.64. The predicted octanol–water partition coefficient (Wildman–Crippen LogP) is 3.63. The molecule has 0 aromatic carbocycles. The summed E-state index contributed by atoms with van der Waals surface area (Å²) >= 11 is 0. The smallest absolute Gasteiger partial charge is 0.103 e. The van der Waals surface area contributed by atoms with Crippen molar-refractivity contribution in [2.45, 2.75) is 51.5 Å². The molecule has 2 rings (SSSR count). The third kappa shape index (κ3) is 3.60. The van der Waals surface area contributed by atoms with Crippen molar-refractivity contribution >= 4 is 0 Å². The van der Waals surface area contributed by atoms with Crippen molar-refractivity contribution in [1.82, 2.24) is 5.32 Å². The molecule has 0 amide bonds. The van der Waals surface area contributed by atoms with Crippen LogP contribution in [0.25, 0.3) is 0 Å². The summed E-state index contributed by atoms with van der Waals surface area (Å²) in [4.78, 5) is 0. The zero-order valence-corrected chi connectivity index (χ0v) is 11.1. The highest BCUT2D eigenvalue weighted by Crippen LogP contribution is 2.32. The fourth-order valence-corrected chi connectivity index (χ4v) is 3.21. The Kier molecular flexibility index (Phi) is 4.66. The van der Waals surface area contributed by atoms with Crippen LogP contribution in [0.4, 0.5) is 0 Å². The summed E-state index contributed by atoms with van der Waals surface area (Å²) in [7, 11) is 2.10. The Morgan fingerprint density at radius 3 is 3.00 bits per heavy atom. The molecule has 3 unspecified atom stereocenters. The van der Waals surface area contributed by atoms with Crippen molar-refractivity contribution in [2.75, 3.05) is 7.05 Å². The number of nitrogens with one attached hydrogen (secondary N) is 1. The number of hydrogen-bond acceptors (Lipinski definition) is 2. The van der Waals surface area contributed by atoms with Crippen molar-refractivity contribution in [3.05, 3.63) is 24.2 Å². The molecule has 2 nitrogen and oxygen atoms in total. The van der Waals surface area contributed by atoms with Crippen LogP contribution in [0.2, 0.25) is 0 Å². The van der Waals surface area contributed by atoms with Gasteiger partial charge in [-0.1, -0.05) is 19.8 Å². The van der Waals surface area contributed by atoms with Crippen LogP contribution in [0.5, 0.6) is 0 Å². The molecule has 0 saturated heterocycles. The van der Waals surface area contributed by atoms with E-state index in [1.807, 2.05) is 6.07 Å². The average Bonchev–Trinajstić information content (AvgIpc) is 2.83. The molecule has 3 atom stereocenters. The lowest BCUT2D eigenvalue weighted by Gasteiger charge is -2.33. The first-order valence-corrected chi connectivity index (χ1v) is 6.99. The Balaban J connectivity index is 1.83. The molecule has 2 heteroatoms. The first kappa shape index (κ1) is 12.7. The highest BCUT2D eigenvalue weighted by atomic mass is 16.3. The minimum absolute atomic E-state index is 0.655. The maximum atomic E-state index is 5.41. The maximum Gasteiger partial charge on any atom is 0.103 e. The molecule has 0 spiro atoms. The van der Waals surface area contributed by atoms with Gasteiger partial charge in [0.1, 0.15) is 5.76 Å². The molecular formula is C15H25NO. The highest BCUT2D eigenvalue weighted by Gasteiger charge is 2.25. The minimum atomic E-state index is 0.655. The molecule has 1 aliphatic carbocycles. The first-order valence-electron chi connectivity index (χ1n) is 6.99. The van der Waals surface area contributed by atoms with Crippen LogP contribution in [0, 0.1) is 11.8 Å². The first-order chi connectivity index (χ1) is 8.29. The predicted molar refractivity (Wildman–Crippen MR) is 71.0 cm³/mol. The molecule has 1 N–H and O–H groups in total. The van der Waals surface area contributed by atoms with Gasteiger partial charge in [-0.25, -0.2) is 0 Å². The topological polar surface area (TPSA) is 25.2 Å². The van der Waals surface area contributed by atoms with Gasteiger partial charge in [0.25, 0.3) is 0 Å². The number of aryl methyl sites for hydroxylation is 1. The summed E-state index contributed by atoms with van der Waals surface area (Å²) < 4.78 is 5.41. The van der Waals surface area contributed by atoms with Gasteiger partial charge in [0.05, 0.1) is 6.26 Å². The summed E-state index contributed by atoms with van der Waals surface area (Å²) in [5, 5.41) is 3.51. The Labute approximate surface area is 105 Å². The van der Waals surface area contributed by atoms with E-state index < -0.39 is 0 Å². The second-order valence-corrected chi connectivity index (χ2v) is 5.55. The quantitative estimate of drug-likeness (QED) is 0.843. The van der Waals surface area contributed by atoms with Crippen LogP contribution in [0.1, 0.15) is 44.8 Å². The zero-order valence-electron chi connectivity index (χ0n) is 11.1. The molecule has 0 aliphatic heterocycles. The van der Waals surface area contributed by atoms with Gasteiger partial charge in [-0.15, -0.1) is 0 Å². The number of hydrogen-bond donors (Lipinski definition) is 1. The third-order valence-electron chi connectivity index (χ3n) is 4.20. The fourth-order valence-electron chi connectivity index (χ4n) is 3.21. The number of rotatable bonds is 5. The van der Waals surface area contributed by atoms with Crippen LogP contribution in [0.15, 0.2) is 22.8 Å². The molecule has 0 radical (unpaired) electrons. The number of furan rings is 1. The van der Waals surface area contributed by atoms with E-state index in [4.69, 9.17) is 4.42 Å². The molecule has 1 saturated carbocycles. The molecule has 1 aromatic heterocycles. The van der Waals surface area contributed by atoms with Gasteiger partial charge in [0, 0.05) is 12.5 Å². The van der Waals surface area contributed by atoms with Crippen molar-refractivity contribution in [3.63, 3.8) is 0 Å². The zero-order chi connectivity index (χ0) is 12.1. The van der Waals surface area contributed by atoms with E-state index in [1.165, 1.54) is 32.1 Å². The van der Waals surface area contributed by atoms with Gasteiger partial charge in [-0.3, -0.25) is 0 Å². The molecular weight excluding hydrogens is 210 g/mol. The van der Waals surface area contributed by atoms with Gasteiger partial charge in [0.15, 0.2) is 0 Å².